The molecule has 1 aromatic carbocycles. The minimum Gasteiger partial charge on any atom is -0.383 e. The highest BCUT2D eigenvalue weighted by atomic mass is 32.2. The molecule has 112 valence electrons. The molecular formula is C15H24N2O2S. The summed E-state index contributed by atoms with van der Waals surface area (Å²) in [5.41, 5.74) is 0.727. The number of benzene rings is 1. The highest BCUT2D eigenvalue weighted by Crippen LogP contribution is 2.25. The summed E-state index contributed by atoms with van der Waals surface area (Å²) >= 11 is 0. The predicted octanol–water partition coefficient (Wildman–Crippen LogP) is 2.38. The molecule has 1 aliphatic rings. The van der Waals surface area contributed by atoms with Crippen molar-refractivity contribution in [1.29, 1.82) is 0 Å². The van der Waals surface area contributed by atoms with Gasteiger partial charge in [-0.25, -0.2) is 8.42 Å². The third kappa shape index (κ3) is 3.96. The van der Waals surface area contributed by atoms with Gasteiger partial charge in [-0.15, -0.1) is 0 Å². The smallest absolute Gasteiger partial charge is 0.180 e. The van der Waals surface area contributed by atoms with Gasteiger partial charge in [0.2, 0.25) is 0 Å². The summed E-state index contributed by atoms with van der Waals surface area (Å²) in [6.07, 6.45) is 3.22. The van der Waals surface area contributed by atoms with Gasteiger partial charge < -0.3 is 10.2 Å². The first-order valence-corrected chi connectivity index (χ1v) is 8.95. The van der Waals surface area contributed by atoms with Crippen molar-refractivity contribution >= 4 is 15.5 Å². The van der Waals surface area contributed by atoms with Crippen molar-refractivity contribution in [1.82, 2.24) is 4.90 Å². The fraction of sp³-hybridized carbons (Fsp3) is 0.600. The molecule has 0 saturated heterocycles. The molecule has 1 saturated carbocycles. The Kier molecular flexibility index (Phi) is 5.05. The van der Waals surface area contributed by atoms with Gasteiger partial charge in [0.15, 0.2) is 9.84 Å². The second kappa shape index (κ2) is 6.59. The minimum atomic E-state index is -3.17. The lowest BCUT2D eigenvalue weighted by Crippen LogP contribution is -2.27. The van der Waals surface area contributed by atoms with Gasteiger partial charge in [0.05, 0.1) is 16.3 Å². The number of hydrogen-bond acceptors (Lipinski definition) is 4. The van der Waals surface area contributed by atoms with Crippen LogP contribution in [-0.4, -0.2) is 45.2 Å². The Morgan fingerprint density at radius 3 is 2.65 bits per heavy atom. The lowest BCUT2D eigenvalue weighted by Gasteiger charge is -2.17. The minimum absolute atomic E-state index is 0.202. The quantitative estimate of drug-likeness (QED) is 0.800. The summed E-state index contributed by atoms with van der Waals surface area (Å²) in [7, 11) is -1.05. The number of anilines is 1. The predicted molar refractivity (Wildman–Crippen MR) is 82.9 cm³/mol. The molecule has 20 heavy (non-hydrogen) atoms. The van der Waals surface area contributed by atoms with Gasteiger partial charge >= 0.3 is 0 Å². The van der Waals surface area contributed by atoms with E-state index in [4.69, 9.17) is 0 Å². The second-order valence-corrected chi connectivity index (χ2v) is 7.53. The molecule has 0 heterocycles. The van der Waals surface area contributed by atoms with E-state index in [1.165, 1.54) is 12.8 Å². The maximum absolute atomic E-state index is 12.2. The van der Waals surface area contributed by atoms with Crippen molar-refractivity contribution < 1.29 is 8.42 Å². The maximum atomic E-state index is 12.2. The Morgan fingerprint density at radius 2 is 2.00 bits per heavy atom. The van der Waals surface area contributed by atoms with Crippen LogP contribution in [-0.2, 0) is 9.84 Å². The third-order valence-electron chi connectivity index (χ3n) is 3.65. The van der Waals surface area contributed by atoms with Gasteiger partial charge in [-0.1, -0.05) is 19.1 Å². The van der Waals surface area contributed by atoms with E-state index >= 15 is 0 Å². The molecule has 0 unspecified atom stereocenters. The lowest BCUT2D eigenvalue weighted by atomic mass is 10.3. The van der Waals surface area contributed by atoms with Gasteiger partial charge in [-0.05, 0) is 38.4 Å². The van der Waals surface area contributed by atoms with Crippen LogP contribution in [0.3, 0.4) is 0 Å². The first kappa shape index (κ1) is 15.3. The van der Waals surface area contributed by atoms with E-state index in [1.807, 2.05) is 19.1 Å². The number of likely N-dealkylation sites (N-methyl/N-ethyl adjacent to an activating group) is 1. The molecule has 0 amide bonds. The fourth-order valence-electron chi connectivity index (χ4n) is 2.33. The molecule has 0 spiro atoms. The third-order valence-corrected chi connectivity index (χ3v) is 5.62. The van der Waals surface area contributed by atoms with E-state index in [0.29, 0.717) is 11.3 Å². The molecule has 0 atom stereocenters. The lowest BCUT2D eigenvalue weighted by molar-refractivity contribution is 0.337. The summed E-state index contributed by atoms with van der Waals surface area (Å²) < 4.78 is 24.4. The first-order chi connectivity index (χ1) is 9.54. The largest absolute Gasteiger partial charge is 0.383 e. The standard InChI is InChI=1S/C15H24N2O2S/c1-3-12-20(18,19)15-7-5-4-6-14(15)16-10-11-17(2)13-8-9-13/h4-7,13,16H,3,8-12H2,1-2H3. The zero-order valence-corrected chi connectivity index (χ0v) is 13.1. The number of hydrogen-bond donors (Lipinski definition) is 1. The Labute approximate surface area is 122 Å². The van der Waals surface area contributed by atoms with Crippen LogP contribution in [0.25, 0.3) is 0 Å². The SMILES string of the molecule is CCCS(=O)(=O)c1ccccc1NCCN(C)C1CC1. The van der Waals surface area contributed by atoms with Gasteiger partial charge in [-0.3, -0.25) is 0 Å². The van der Waals surface area contributed by atoms with Gasteiger partial charge in [-0.2, -0.15) is 0 Å². The summed E-state index contributed by atoms with van der Waals surface area (Å²) in [6.45, 7) is 3.59. The highest BCUT2D eigenvalue weighted by Gasteiger charge is 2.25. The zero-order chi connectivity index (χ0) is 14.6. The first-order valence-electron chi connectivity index (χ1n) is 7.30. The van der Waals surface area contributed by atoms with E-state index < -0.39 is 9.84 Å². The van der Waals surface area contributed by atoms with Gasteiger partial charge in [0.1, 0.15) is 0 Å². The Bertz CT molecular complexity index is 539. The second-order valence-electron chi connectivity index (χ2n) is 5.45. The summed E-state index contributed by atoms with van der Waals surface area (Å²) in [5, 5.41) is 3.27. The van der Waals surface area contributed by atoms with Gasteiger partial charge in [0.25, 0.3) is 0 Å². The number of nitrogens with zero attached hydrogens (tertiary/aromatic N) is 1. The molecule has 4 nitrogen and oxygen atoms in total. The summed E-state index contributed by atoms with van der Waals surface area (Å²) in [5.74, 6) is 0.202. The molecule has 1 aliphatic carbocycles. The van der Waals surface area contributed by atoms with Crippen molar-refractivity contribution in [3.8, 4) is 0 Å². The number of rotatable bonds is 8. The van der Waals surface area contributed by atoms with Crippen LogP contribution in [0.5, 0.6) is 0 Å². The molecule has 1 N–H and O–H groups in total. The van der Waals surface area contributed by atoms with E-state index in [9.17, 15) is 8.42 Å². The maximum Gasteiger partial charge on any atom is 0.180 e. The molecule has 1 fully saturated rings. The van der Waals surface area contributed by atoms with Crippen LogP contribution < -0.4 is 5.32 Å². The molecular weight excluding hydrogens is 272 g/mol. The van der Waals surface area contributed by atoms with Gasteiger partial charge in [0, 0.05) is 19.1 Å². The monoisotopic (exact) mass is 296 g/mol. The topological polar surface area (TPSA) is 49.4 Å². The number of sulfone groups is 1. The fourth-order valence-corrected chi connectivity index (χ4v) is 3.85. The van der Waals surface area contributed by atoms with Crippen molar-refractivity contribution in [2.24, 2.45) is 0 Å². The van der Waals surface area contributed by atoms with Crippen LogP contribution in [0.15, 0.2) is 29.2 Å². The number of nitrogens with one attached hydrogen (secondary N) is 1. The van der Waals surface area contributed by atoms with Crippen molar-refractivity contribution in [2.75, 3.05) is 31.2 Å². The van der Waals surface area contributed by atoms with Crippen molar-refractivity contribution in [3.63, 3.8) is 0 Å². The summed E-state index contributed by atoms with van der Waals surface area (Å²) in [6, 6.07) is 7.93. The molecule has 2 rings (SSSR count). The van der Waals surface area contributed by atoms with Crippen LogP contribution in [0.1, 0.15) is 26.2 Å². The van der Waals surface area contributed by atoms with Crippen LogP contribution >= 0.6 is 0 Å². The van der Waals surface area contributed by atoms with Crippen molar-refractivity contribution in [3.05, 3.63) is 24.3 Å². The average Bonchev–Trinajstić information content (AvgIpc) is 3.23. The Hall–Kier alpha value is -1.07. The number of para-hydroxylation sites is 1. The normalized spacial score (nSPS) is 15.6. The Balaban J connectivity index is 2.00. The van der Waals surface area contributed by atoms with Crippen LogP contribution in [0, 0.1) is 0 Å². The molecule has 0 bridgehead atoms. The summed E-state index contributed by atoms with van der Waals surface area (Å²) in [4.78, 5) is 2.76. The molecule has 0 radical (unpaired) electrons. The van der Waals surface area contributed by atoms with E-state index in [0.717, 1.165) is 24.8 Å². The molecule has 1 aromatic rings. The molecule has 0 aliphatic heterocycles. The van der Waals surface area contributed by atoms with Crippen LogP contribution in [0.4, 0.5) is 5.69 Å². The Morgan fingerprint density at radius 1 is 1.30 bits per heavy atom. The van der Waals surface area contributed by atoms with Crippen molar-refractivity contribution in [2.45, 2.75) is 37.1 Å². The zero-order valence-electron chi connectivity index (χ0n) is 12.3. The van der Waals surface area contributed by atoms with E-state index in [-0.39, 0.29) is 5.75 Å². The van der Waals surface area contributed by atoms with Crippen LogP contribution in [0.2, 0.25) is 0 Å². The van der Waals surface area contributed by atoms with E-state index in [2.05, 4.69) is 17.3 Å². The average molecular weight is 296 g/mol. The molecule has 5 heteroatoms. The van der Waals surface area contributed by atoms with E-state index in [1.54, 1.807) is 12.1 Å². The molecule has 0 aromatic heterocycles. The highest BCUT2D eigenvalue weighted by molar-refractivity contribution is 7.91.